The van der Waals surface area contributed by atoms with Crippen molar-refractivity contribution in [1.82, 2.24) is 4.37 Å². The first-order valence-electron chi connectivity index (χ1n) is 8.21. The summed E-state index contributed by atoms with van der Waals surface area (Å²) in [6, 6.07) is 10.8. The van der Waals surface area contributed by atoms with E-state index in [1.165, 1.54) is 24.3 Å². The Morgan fingerprint density at radius 2 is 2.03 bits per heavy atom. The maximum Gasteiger partial charge on any atom is 0.271 e. The third-order valence-corrected chi connectivity index (χ3v) is 5.03. The topological polar surface area (TPSA) is 133 Å². The summed E-state index contributed by atoms with van der Waals surface area (Å²) in [7, 11) is 0. The van der Waals surface area contributed by atoms with Crippen molar-refractivity contribution in [1.29, 1.82) is 0 Å². The standard InChI is InChI=1S/C18H16BrFN4O4S/c19-12-7-10(3-6-13(12)28-11-4-1-9(20)2-5-11)23-18-15(17(27)24-29-18)16(21)22-8-14(25)26/h1-7,14,23,25-26H,8H2,(H2,21,22)(H,24,27). The van der Waals surface area contributed by atoms with E-state index in [0.29, 0.717) is 26.7 Å². The van der Waals surface area contributed by atoms with E-state index in [4.69, 9.17) is 20.7 Å². The second kappa shape index (κ2) is 9.18. The Hall–Kier alpha value is -2.73. The highest BCUT2D eigenvalue weighted by Gasteiger charge is 2.16. The molecule has 1 aromatic heterocycles. The molecule has 6 N–H and O–H groups in total. The average molecular weight is 483 g/mol. The van der Waals surface area contributed by atoms with Gasteiger partial charge in [0.25, 0.3) is 5.56 Å². The molecule has 0 aliphatic heterocycles. The third-order valence-electron chi connectivity index (χ3n) is 3.61. The molecule has 0 amide bonds. The summed E-state index contributed by atoms with van der Waals surface area (Å²) >= 11 is 4.45. The SMILES string of the molecule is NC(=NCC(O)O)c1c(Nc2ccc(Oc3ccc(F)cc3)c(Br)c2)s[nH]c1=O. The zero-order chi connectivity index (χ0) is 21.0. The number of halogens is 2. The molecule has 0 saturated heterocycles. The lowest BCUT2D eigenvalue weighted by molar-refractivity contribution is -0.0304. The van der Waals surface area contributed by atoms with Gasteiger partial charge in [-0.3, -0.25) is 14.2 Å². The number of H-pyrrole nitrogens is 1. The van der Waals surface area contributed by atoms with Gasteiger partial charge in [-0.2, -0.15) is 0 Å². The van der Waals surface area contributed by atoms with Gasteiger partial charge in [-0.05, 0) is 69.9 Å². The van der Waals surface area contributed by atoms with Crippen molar-refractivity contribution in [3.05, 3.63) is 68.7 Å². The number of nitrogens with zero attached hydrogens (tertiary/aromatic N) is 1. The Kier molecular flexibility index (Phi) is 6.64. The monoisotopic (exact) mass is 482 g/mol. The highest BCUT2D eigenvalue weighted by molar-refractivity contribution is 9.10. The van der Waals surface area contributed by atoms with Crippen LogP contribution in [0.25, 0.3) is 0 Å². The van der Waals surface area contributed by atoms with Crippen LogP contribution in [0.2, 0.25) is 0 Å². The van der Waals surface area contributed by atoms with E-state index in [0.717, 1.165) is 11.5 Å². The van der Waals surface area contributed by atoms with Crippen molar-refractivity contribution >= 4 is 44.0 Å². The highest BCUT2D eigenvalue weighted by Crippen LogP contribution is 2.33. The second-order valence-electron chi connectivity index (χ2n) is 5.77. The molecule has 0 unspecified atom stereocenters. The van der Waals surface area contributed by atoms with Crippen LogP contribution in [-0.2, 0) is 0 Å². The smallest absolute Gasteiger partial charge is 0.271 e. The molecular weight excluding hydrogens is 467 g/mol. The van der Waals surface area contributed by atoms with Crippen LogP contribution in [0.15, 0.2) is 56.7 Å². The van der Waals surface area contributed by atoms with Crippen molar-refractivity contribution < 1.29 is 19.3 Å². The molecule has 0 aliphatic rings. The van der Waals surface area contributed by atoms with Crippen LogP contribution in [0.5, 0.6) is 11.5 Å². The largest absolute Gasteiger partial charge is 0.456 e. The van der Waals surface area contributed by atoms with Crippen LogP contribution in [0.4, 0.5) is 15.1 Å². The molecule has 2 aromatic carbocycles. The van der Waals surface area contributed by atoms with Gasteiger partial charge in [0.2, 0.25) is 0 Å². The first-order valence-corrected chi connectivity index (χ1v) is 9.82. The number of rotatable bonds is 7. The number of nitrogens with one attached hydrogen (secondary N) is 2. The molecule has 3 aromatic rings. The Bertz CT molecular complexity index is 1080. The first kappa shape index (κ1) is 21.0. The molecule has 0 radical (unpaired) electrons. The number of aromatic nitrogens is 1. The minimum absolute atomic E-state index is 0.110. The fourth-order valence-corrected chi connectivity index (χ4v) is 3.53. The lowest BCUT2D eigenvalue weighted by atomic mass is 10.2. The van der Waals surface area contributed by atoms with Crippen molar-refractivity contribution in [2.75, 3.05) is 11.9 Å². The highest BCUT2D eigenvalue weighted by atomic mass is 79.9. The second-order valence-corrected chi connectivity index (χ2v) is 7.44. The molecular formula is C18H16BrFN4O4S. The molecule has 0 bridgehead atoms. The van der Waals surface area contributed by atoms with Gasteiger partial charge in [-0.25, -0.2) is 4.39 Å². The van der Waals surface area contributed by atoms with Crippen LogP contribution in [0.3, 0.4) is 0 Å². The van der Waals surface area contributed by atoms with E-state index in [1.807, 2.05) is 0 Å². The Balaban J connectivity index is 1.79. The van der Waals surface area contributed by atoms with Crippen molar-refractivity contribution in [2.45, 2.75) is 6.29 Å². The van der Waals surface area contributed by atoms with Gasteiger partial charge in [0.1, 0.15) is 33.7 Å². The van der Waals surface area contributed by atoms with E-state index in [1.54, 1.807) is 18.2 Å². The van der Waals surface area contributed by atoms with Crippen LogP contribution >= 0.6 is 27.5 Å². The van der Waals surface area contributed by atoms with Crippen molar-refractivity contribution in [3.63, 3.8) is 0 Å². The predicted octanol–water partition coefficient (Wildman–Crippen LogP) is 2.89. The van der Waals surface area contributed by atoms with Gasteiger partial charge < -0.3 is 26.0 Å². The summed E-state index contributed by atoms with van der Waals surface area (Å²) in [6.07, 6.45) is -1.66. The van der Waals surface area contributed by atoms with Gasteiger partial charge in [-0.15, -0.1) is 0 Å². The summed E-state index contributed by atoms with van der Waals surface area (Å²) in [5.74, 6) is 0.531. The zero-order valence-corrected chi connectivity index (χ0v) is 17.1. The first-order chi connectivity index (χ1) is 13.8. The number of ether oxygens (including phenoxy) is 1. The molecule has 0 atom stereocenters. The number of benzene rings is 2. The fourth-order valence-electron chi connectivity index (χ4n) is 2.30. The van der Waals surface area contributed by atoms with Gasteiger partial charge in [0.15, 0.2) is 6.29 Å². The van der Waals surface area contributed by atoms with Gasteiger partial charge >= 0.3 is 0 Å². The fraction of sp³-hybridized carbons (Fsp3) is 0.111. The third kappa shape index (κ3) is 5.41. The molecule has 0 spiro atoms. The maximum absolute atomic E-state index is 13.0. The molecule has 29 heavy (non-hydrogen) atoms. The Labute approximate surface area is 176 Å². The molecule has 0 saturated carbocycles. The number of nitrogens with two attached hydrogens (primary N) is 1. The van der Waals surface area contributed by atoms with Gasteiger partial charge in [0, 0.05) is 5.69 Å². The summed E-state index contributed by atoms with van der Waals surface area (Å²) in [5, 5.41) is 21.3. The Morgan fingerprint density at radius 3 is 2.69 bits per heavy atom. The van der Waals surface area contributed by atoms with E-state index < -0.39 is 11.8 Å². The lowest BCUT2D eigenvalue weighted by Gasteiger charge is -2.11. The minimum Gasteiger partial charge on any atom is -0.456 e. The number of amidine groups is 1. The molecule has 152 valence electrons. The van der Waals surface area contributed by atoms with E-state index in [2.05, 4.69) is 30.6 Å². The average Bonchev–Trinajstić information content (AvgIpc) is 3.04. The van der Waals surface area contributed by atoms with Crippen LogP contribution in [0, 0.1) is 5.82 Å². The van der Waals surface area contributed by atoms with Crippen LogP contribution in [0.1, 0.15) is 5.56 Å². The number of anilines is 2. The molecule has 3 rings (SSSR count). The molecule has 0 fully saturated rings. The lowest BCUT2D eigenvalue weighted by Crippen LogP contribution is -2.24. The normalized spacial score (nSPS) is 11.7. The molecule has 8 nitrogen and oxygen atoms in total. The van der Waals surface area contributed by atoms with E-state index in [9.17, 15) is 9.18 Å². The summed E-state index contributed by atoms with van der Waals surface area (Å²) in [6.45, 7) is -0.346. The zero-order valence-electron chi connectivity index (χ0n) is 14.7. The quantitative estimate of drug-likeness (QED) is 0.200. The number of aliphatic hydroxyl groups is 2. The number of aliphatic hydroxyl groups excluding tert-OH is 1. The van der Waals surface area contributed by atoms with E-state index in [-0.39, 0.29) is 23.8 Å². The number of aliphatic imine (C=N–C) groups is 1. The number of hydrogen-bond acceptors (Lipinski definition) is 7. The van der Waals surface area contributed by atoms with Crippen LogP contribution in [-0.4, -0.2) is 33.3 Å². The van der Waals surface area contributed by atoms with Crippen molar-refractivity contribution in [2.24, 2.45) is 10.7 Å². The maximum atomic E-state index is 13.0. The van der Waals surface area contributed by atoms with Crippen molar-refractivity contribution in [3.8, 4) is 11.5 Å². The van der Waals surface area contributed by atoms with E-state index >= 15 is 0 Å². The minimum atomic E-state index is -1.66. The summed E-state index contributed by atoms with van der Waals surface area (Å²) in [5.41, 5.74) is 6.11. The van der Waals surface area contributed by atoms with Gasteiger partial charge in [-0.1, -0.05) is 0 Å². The predicted molar refractivity (Wildman–Crippen MR) is 113 cm³/mol. The summed E-state index contributed by atoms with van der Waals surface area (Å²) in [4.78, 5) is 15.8. The molecule has 0 aliphatic carbocycles. The Morgan fingerprint density at radius 1 is 1.31 bits per heavy atom. The summed E-state index contributed by atoms with van der Waals surface area (Å²) < 4.78 is 21.9. The number of hydrogen-bond donors (Lipinski definition) is 5. The molecule has 11 heteroatoms. The molecule has 1 heterocycles. The van der Waals surface area contributed by atoms with Crippen LogP contribution < -0.4 is 21.3 Å². The van der Waals surface area contributed by atoms with Gasteiger partial charge in [0.05, 0.1) is 11.0 Å². The number of aromatic amines is 1.